The second-order valence-corrected chi connectivity index (χ2v) is 7.37. The molecular formula is C15H29ClN2OS. The Morgan fingerprint density at radius 1 is 1.35 bits per heavy atom. The van der Waals surface area contributed by atoms with Crippen LogP contribution in [0.25, 0.3) is 0 Å². The van der Waals surface area contributed by atoms with E-state index >= 15 is 0 Å². The molecule has 0 aliphatic carbocycles. The number of rotatable bonds is 5. The van der Waals surface area contributed by atoms with Crippen LogP contribution in [0.4, 0.5) is 0 Å². The number of carbonyl (C=O) groups excluding carboxylic acids is 1. The molecule has 5 heteroatoms. The average Bonchev–Trinajstić information content (AvgIpc) is 2.47. The van der Waals surface area contributed by atoms with E-state index in [1.54, 1.807) is 0 Å². The van der Waals surface area contributed by atoms with Crippen molar-refractivity contribution in [2.45, 2.75) is 39.0 Å². The van der Waals surface area contributed by atoms with Gasteiger partial charge in [0.15, 0.2) is 0 Å². The minimum atomic E-state index is 0. The Hall–Kier alpha value is 0.0700. The van der Waals surface area contributed by atoms with Gasteiger partial charge in [0, 0.05) is 13.0 Å². The van der Waals surface area contributed by atoms with E-state index in [-0.39, 0.29) is 18.3 Å². The molecule has 2 unspecified atom stereocenters. The maximum absolute atomic E-state index is 12.0. The molecule has 2 rings (SSSR count). The highest BCUT2D eigenvalue weighted by Gasteiger charge is 2.22. The first kappa shape index (κ1) is 18.1. The van der Waals surface area contributed by atoms with Gasteiger partial charge in [-0.15, -0.1) is 12.4 Å². The van der Waals surface area contributed by atoms with Gasteiger partial charge in [0.05, 0.1) is 0 Å². The molecular weight excluding hydrogens is 292 g/mol. The van der Waals surface area contributed by atoms with Crippen molar-refractivity contribution in [3.05, 3.63) is 0 Å². The molecule has 0 spiro atoms. The fraction of sp³-hybridized carbons (Fsp3) is 0.933. The molecule has 2 aliphatic heterocycles. The van der Waals surface area contributed by atoms with Crippen molar-refractivity contribution >= 4 is 30.1 Å². The predicted molar refractivity (Wildman–Crippen MR) is 89.7 cm³/mol. The summed E-state index contributed by atoms with van der Waals surface area (Å²) in [6, 6.07) is 0. The normalized spacial score (nSPS) is 25.6. The van der Waals surface area contributed by atoms with E-state index in [0.717, 1.165) is 25.6 Å². The molecule has 2 saturated heterocycles. The molecule has 0 aromatic carbocycles. The van der Waals surface area contributed by atoms with Crippen molar-refractivity contribution in [1.82, 2.24) is 10.6 Å². The Kier molecular flexibility index (Phi) is 8.98. The number of nitrogens with one attached hydrogen (secondary N) is 2. The van der Waals surface area contributed by atoms with Gasteiger partial charge >= 0.3 is 0 Å². The summed E-state index contributed by atoms with van der Waals surface area (Å²) in [6.07, 6.45) is 5.78. The highest BCUT2D eigenvalue weighted by Crippen LogP contribution is 2.23. The molecule has 0 bridgehead atoms. The van der Waals surface area contributed by atoms with Crippen LogP contribution in [0.5, 0.6) is 0 Å². The summed E-state index contributed by atoms with van der Waals surface area (Å²) in [5.74, 6) is 4.71. The second kappa shape index (κ2) is 9.91. The van der Waals surface area contributed by atoms with Crippen molar-refractivity contribution in [3.8, 4) is 0 Å². The molecule has 2 N–H and O–H groups in total. The molecule has 0 saturated carbocycles. The van der Waals surface area contributed by atoms with E-state index in [1.807, 2.05) is 11.8 Å². The number of halogens is 1. The standard InChI is InChI=1S/C15H28N2OS.ClH/c1-12(14-3-2-6-16-11-14)9-15(18)17-10-13-4-7-19-8-5-13;/h12-14,16H,2-11H2,1H3,(H,17,18);1H. The third-order valence-electron chi connectivity index (χ3n) is 4.58. The lowest BCUT2D eigenvalue weighted by molar-refractivity contribution is -0.122. The lowest BCUT2D eigenvalue weighted by atomic mass is 9.85. The van der Waals surface area contributed by atoms with Gasteiger partial charge in [0.2, 0.25) is 5.91 Å². The minimum Gasteiger partial charge on any atom is -0.356 e. The maximum atomic E-state index is 12.0. The summed E-state index contributed by atoms with van der Waals surface area (Å²) < 4.78 is 0. The Morgan fingerprint density at radius 3 is 2.75 bits per heavy atom. The summed E-state index contributed by atoms with van der Waals surface area (Å²) in [5.41, 5.74) is 0. The third-order valence-corrected chi connectivity index (χ3v) is 5.62. The molecule has 1 amide bonds. The van der Waals surface area contributed by atoms with E-state index in [2.05, 4.69) is 17.6 Å². The Balaban J connectivity index is 0.00000200. The second-order valence-electron chi connectivity index (χ2n) is 6.15. The van der Waals surface area contributed by atoms with E-state index in [1.165, 1.54) is 37.2 Å². The van der Waals surface area contributed by atoms with Gasteiger partial charge in [-0.05, 0) is 68.0 Å². The van der Waals surface area contributed by atoms with E-state index in [9.17, 15) is 4.79 Å². The lowest BCUT2D eigenvalue weighted by Crippen LogP contribution is -2.36. The molecule has 2 heterocycles. The Bertz CT molecular complexity index is 279. The lowest BCUT2D eigenvalue weighted by Gasteiger charge is -2.28. The third kappa shape index (κ3) is 6.23. The SMILES string of the molecule is CC(CC(=O)NCC1CCSCC1)C1CCCNC1.Cl. The highest BCUT2D eigenvalue weighted by molar-refractivity contribution is 7.99. The van der Waals surface area contributed by atoms with Gasteiger partial charge in [0.25, 0.3) is 0 Å². The number of amides is 1. The summed E-state index contributed by atoms with van der Waals surface area (Å²) in [7, 11) is 0. The van der Waals surface area contributed by atoms with Crippen LogP contribution in [0.15, 0.2) is 0 Å². The minimum absolute atomic E-state index is 0. The Morgan fingerprint density at radius 2 is 2.10 bits per heavy atom. The van der Waals surface area contributed by atoms with Crippen LogP contribution in [0, 0.1) is 17.8 Å². The van der Waals surface area contributed by atoms with Gasteiger partial charge in [-0.2, -0.15) is 11.8 Å². The van der Waals surface area contributed by atoms with Crippen molar-refractivity contribution in [2.75, 3.05) is 31.1 Å². The predicted octanol–water partition coefficient (Wildman–Crippen LogP) is 2.69. The number of thioether (sulfide) groups is 1. The number of hydrogen-bond acceptors (Lipinski definition) is 3. The number of hydrogen-bond donors (Lipinski definition) is 2. The topological polar surface area (TPSA) is 41.1 Å². The smallest absolute Gasteiger partial charge is 0.220 e. The molecule has 20 heavy (non-hydrogen) atoms. The van der Waals surface area contributed by atoms with E-state index < -0.39 is 0 Å². The molecule has 0 aromatic rings. The zero-order chi connectivity index (χ0) is 13.5. The molecule has 3 nitrogen and oxygen atoms in total. The van der Waals surface area contributed by atoms with E-state index in [4.69, 9.17) is 0 Å². The van der Waals surface area contributed by atoms with Gasteiger partial charge in [-0.25, -0.2) is 0 Å². The van der Waals surface area contributed by atoms with Gasteiger partial charge < -0.3 is 10.6 Å². The van der Waals surface area contributed by atoms with Crippen LogP contribution in [0.3, 0.4) is 0 Å². The van der Waals surface area contributed by atoms with Crippen LogP contribution in [0.1, 0.15) is 39.0 Å². The molecule has 0 aromatic heterocycles. The number of carbonyl (C=O) groups is 1. The van der Waals surface area contributed by atoms with Crippen LogP contribution in [-0.2, 0) is 4.79 Å². The Labute approximate surface area is 133 Å². The summed E-state index contributed by atoms with van der Waals surface area (Å²) >= 11 is 2.04. The first-order valence-electron chi connectivity index (χ1n) is 7.81. The quantitative estimate of drug-likeness (QED) is 0.818. The van der Waals surface area contributed by atoms with Crippen molar-refractivity contribution in [2.24, 2.45) is 17.8 Å². The van der Waals surface area contributed by atoms with Crippen molar-refractivity contribution < 1.29 is 4.79 Å². The zero-order valence-electron chi connectivity index (χ0n) is 12.5. The molecule has 0 radical (unpaired) electrons. The first-order valence-corrected chi connectivity index (χ1v) is 8.96. The van der Waals surface area contributed by atoms with E-state index in [0.29, 0.717) is 18.3 Å². The summed E-state index contributed by atoms with van der Waals surface area (Å²) in [4.78, 5) is 12.0. The van der Waals surface area contributed by atoms with Gasteiger partial charge in [-0.3, -0.25) is 4.79 Å². The van der Waals surface area contributed by atoms with Crippen molar-refractivity contribution in [3.63, 3.8) is 0 Å². The fourth-order valence-electron chi connectivity index (χ4n) is 3.10. The van der Waals surface area contributed by atoms with Crippen LogP contribution in [-0.4, -0.2) is 37.0 Å². The maximum Gasteiger partial charge on any atom is 0.220 e. The monoisotopic (exact) mass is 320 g/mol. The molecule has 2 fully saturated rings. The molecule has 2 atom stereocenters. The fourth-order valence-corrected chi connectivity index (χ4v) is 4.31. The van der Waals surface area contributed by atoms with Crippen LogP contribution in [0.2, 0.25) is 0 Å². The molecule has 2 aliphatic rings. The summed E-state index contributed by atoms with van der Waals surface area (Å²) in [5, 5.41) is 6.59. The first-order chi connectivity index (χ1) is 9.25. The van der Waals surface area contributed by atoms with Crippen LogP contribution >= 0.6 is 24.2 Å². The largest absolute Gasteiger partial charge is 0.356 e. The molecule has 118 valence electrons. The number of piperidine rings is 1. The van der Waals surface area contributed by atoms with Crippen LogP contribution < -0.4 is 10.6 Å². The van der Waals surface area contributed by atoms with Crippen molar-refractivity contribution in [1.29, 1.82) is 0 Å². The highest BCUT2D eigenvalue weighted by atomic mass is 35.5. The van der Waals surface area contributed by atoms with Gasteiger partial charge in [0.1, 0.15) is 0 Å². The summed E-state index contributed by atoms with van der Waals surface area (Å²) in [6.45, 7) is 5.37. The van der Waals surface area contributed by atoms with Gasteiger partial charge in [-0.1, -0.05) is 6.92 Å². The average molecular weight is 321 g/mol. The zero-order valence-corrected chi connectivity index (χ0v) is 14.2.